The number of ether oxygens (including phenoxy) is 1. The lowest BCUT2D eigenvalue weighted by Gasteiger charge is -2.29. The Morgan fingerprint density at radius 3 is 2.52 bits per heavy atom. The lowest BCUT2D eigenvalue weighted by Crippen LogP contribution is -2.43. The highest BCUT2D eigenvalue weighted by atomic mass is 32.2. The van der Waals surface area contributed by atoms with E-state index in [4.69, 9.17) is 9.72 Å². The van der Waals surface area contributed by atoms with Crippen molar-refractivity contribution in [3.63, 3.8) is 0 Å². The molecule has 4 rings (SSSR count). The zero-order valence-corrected chi connectivity index (χ0v) is 20.0. The second kappa shape index (κ2) is 10.1. The molecule has 3 aromatic rings. The fourth-order valence-corrected chi connectivity index (χ4v) is 5.53. The summed E-state index contributed by atoms with van der Waals surface area (Å²) in [6.07, 6.45) is 0. The molecular formula is C24H29N3O2S2. The van der Waals surface area contributed by atoms with E-state index in [9.17, 15) is 4.79 Å². The van der Waals surface area contributed by atoms with E-state index in [0.29, 0.717) is 12.1 Å². The summed E-state index contributed by atoms with van der Waals surface area (Å²) < 4.78 is 6.63. The van der Waals surface area contributed by atoms with E-state index in [0.717, 1.165) is 59.5 Å². The lowest BCUT2D eigenvalue weighted by atomic mass is 10.1. The van der Waals surface area contributed by atoms with Gasteiger partial charge in [0.15, 0.2) is 5.13 Å². The summed E-state index contributed by atoms with van der Waals surface area (Å²) in [6, 6.07) is 12.2. The molecule has 1 aliphatic rings. The summed E-state index contributed by atoms with van der Waals surface area (Å²) in [4.78, 5) is 23.9. The van der Waals surface area contributed by atoms with Crippen LogP contribution in [0.25, 0.3) is 10.2 Å². The lowest BCUT2D eigenvalue weighted by molar-refractivity contribution is 0.0391. The number of fused-ring (bicyclic) bond motifs is 1. The van der Waals surface area contributed by atoms with Crippen molar-refractivity contribution in [1.82, 2.24) is 9.88 Å². The molecule has 0 spiro atoms. The molecule has 0 atom stereocenters. The molecule has 0 N–H and O–H groups in total. The third kappa shape index (κ3) is 5.12. The normalized spacial score (nSPS) is 14.8. The molecule has 0 aliphatic carbocycles. The maximum atomic E-state index is 13.6. The third-order valence-corrected chi connectivity index (χ3v) is 7.67. The number of morpholine rings is 1. The highest BCUT2D eigenvalue weighted by Gasteiger charge is 2.23. The van der Waals surface area contributed by atoms with Crippen LogP contribution in [-0.4, -0.2) is 60.9 Å². The Morgan fingerprint density at radius 2 is 1.84 bits per heavy atom. The number of aryl methyl sites for hydroxylation is 2. The Kier molecular flexibility index (Phi) is 7.27. The van der Waals surface area contributed by atoms with Crippen molar-refractivity contribution < 1.29 is 9.53 Å². The molecule has 1 aromatic heterocycles. The van der Waals surface area contributed by atoms with Gasteiger partial charge in [-0.15, -0.1) is 11.8 Å². The minimum absolute atomic E-state index is 0.00988. The molecule has 1 fully saturated rings. The van der Waals surface area contributed by atoms with Crippen molar-refractivity contribution >= 4 is 44.4 Å². The van der Waals surface area contributed by atoms with Crippen LogP contribution >= 0.6 is 23.1 Å². The first-order valence-corrected chi connectivity index (χ1v) is 12.6. The standard InChI is InChI=1S/C24H29N3O2S2/c1-4-30-20-9-7-19(8-10-20)23(28)27(12-11-26-13-15-29-16-14-26)24-25-21-17(2)5-6-18(3)22(21)31-24/h5-10H,4,11-16H2,1-3H3. The molecule has 5 nitrogen and oxygen atoms in total. The highest BCUT2D eigenvalue weighted by Crippen LogP contribution is 2.34. The van der Waals surface area contributed by atoms with Gasteiger partial charge in [-0.05, 0) is 55.0 Å². The van der Waals surface area contributed by atoms with Gasteiger partial charge in [-0.2, -0.15) is 0 Å². The molecule has 0 unspecified atom stereocenters. The minimum atomic E-state index is 0.00988. The second-order valence-corrected chi connectivity index (χ2v) is 10.1. The second-order valence-electron chi connectivity index (χ2n) is 7.74. The molecule has 0 radical (unpaired) electrons. The summed E-state index contributed by atoms with van der Waals surface area (Å²) in [5.74, 6) is 1.03. The zero-order valence-electron chi connectivity index (χ0n) is 18.4. The van der Waals surface area contributed by atoms with Gasteiger partial charge in [-0.3, -0.25) is 14.6 Å². The van der Waals surface area contributed by atoms with E-state index >= 15 is 0 Å². The molecule has 7 heteroatoms. The molecule has 1 aliphatic heterocycles. The van der Waals surface area contributed by atoms with Crippen LogP contribution in [0.4, 0.5) is 5.13 Å². The number of amides is 1. The first-order valence-electron chi connectivity index (χ1n) is 10.8. The first-order chi connectivity index (χ1) is 15.1. The maximum Gasteiger partial charge on any atom is 0.260 e. The van der Waals surface area contributed by atoms with Crippen molar-refractivity contribution in [2.45, 2.75) is 25.7 Å². The predicted octanol–water partition coefficient (Wildman–Crippen LogP) is 5.00. The molecule has 164 valence electrons. The number of carbonyl (C=O) groups excluding carboxylic acids is 1. The monoisotopic (exact) mass is 455 g/mol. The van der Waals surface area contributed by atoms with Gasteiger partial charge in [0.25, 0.3) is 5.91 Å². The van der Waals surface area contributed by atoms with E-state index < -0.39 is 0 Å². The van der Waals surface area contributed by atoms with Crippen LogP contribution in [0.2, 0.25) is 0 Å². The van der Waals surface area contributed by atoms with E-state index in [1.165, 1.54) is 10.5 Å². The van der Waals surface area contributed by atoms with Crippen molar-refractivity contribution in [2.24, 2.45) is 0 Å². The number of rotatable bonds is 7. The van der Waals surface area contributed by atoms with Crippen LogP contribution in [0.15, 0.2) is 41.3 Å². The van der Waals surface area contributed by atoms with Crippen LogP contribution in [0.1, 0.15) is 28.4 Å². The zero-order chi connectivity index (χ0) is 21.8. The topological polar surface area (TPSA) is 45.7 Å². The highest BCUT2D eigenvalue weighted by molar-refractivity contribution is 7.99. The van der Waals surface area contributed by atoms with Gasteiger partial charge in [-0.1, -0.05) is 30.4 Å². The first kappa shape index (κ1) is 22.3. The van der Waals surface area contributed by atoms with Crippen LogP contribution in [0.3, 0.4) is 0 Å². The number of anilines is 1. The summed E-state index contributed by atoms with van der Waals surface area (Å²) in [6.45, 7) is 11.1. The van der Waals surface area contributed by atoms with Crippen molar-refractivity contribution in [1.29, 1.82) is 0 Å². The number of thioether (sulfide) groups is 1. The van der Waals surface area contributed by atoms with E-state index in [-0.39, 0.29) is 5.91 Å². The average molecular weight is 456 g/mol. The van der Waals surface area contributed by atoms with Gasteiger partial charge < -0.3 is 4.74 Å². The number of hydrogen-bond acceptors (Lipinski definition) is 6. The Bertz CT molecular complexity index is 1000. The van der Waals surface area contributed by atoms with Gasteiger partial charge in [0, 0.05) is 36.6 Å². The molecular weight excluding hydrogens is 426 g/mol. The number of carbonyl (C=O) groups is 1. The smallest absolute Gasteiger partial charge is 0.260 e. The average Bonchev–Trinajstić information content (AvgIpc) is 3.24. The number of hydrogen-bond donors (Lipinski definition) is 0. The fraction of sp³-hybridized carbons (Fsp3) is 0.417. The molecule has 0 bridgehead atoms. The van der Waals surface area contributed by atoms with E-state index in [1.807, 2.05) is 29.2 Å². The minimum Gasteiger partial charge on any atom is -0.379 e. The van der Waals surface area contributed by atoms with E-state index in [1.54, 1.807) is 23.1 Å². The molecule has 0 saturated carbocycles. The fourth-order valence-electron chi connectivity index (χ4n) is 3.73. The molecule has 1 amide bonds. The van der Waals surface area contributed by atoms with Gasteiger partial charge in [0.05, 0.1) is 23.4 Å². The van der Waals surface area contributed by atoms with E-state index in [2.05, 4.69) is 37.8 Å². The van der Waals surface area contributed by atoms with Crippen LogP contribution < -0.4 is 4.90 Å². The van der Waals surface area contributed by atoms with Gasteiger partial charge in [-0.25, -0.2) is 4.98 Å². The SMILES string of the molecule is CCSc1ccc(C(=O)N(CCN2CCOCC2)c2nc3c(C)ccc(C)c3s2)cc1. The summed E-state index contributed by atoms with van der Waals surface area (Å²) >= 11 is 3.40. The van der Waals surface area contributed by atoms with Gasteiger partial charge in [0.1, 0.15) is 0 Å². The van der Waals surface area contributed by atoms with Crippen molar-refractivity contribution in [2.75, 3.05) is 50.0 Å². The molecule has 31 heavy (non-hydrogen) atoms. The largest absolute Gasteiger partial charge is 0.379 e. The van der Waals surface area contributed by atoms with Crippen LogP contribution in [0, 0.1) is 13.8 Å². The maximum absolute atomic E-state index is 13.6. The Hall–Kier alpha value is -1.93. The number of benzene rings is 2. The van der Waals surface area contributed by atoms with Gasteiger partial charge in [0.2, 0.25) is 0 Å². The Balaban J connectivity index is 1.64. The number of nitrogens with zero attached hydrogens (tertiary/aromatic N) is 3. The summed E-state index contributed by atoms with van der Waals surface area (Å²) in [5, 5.41) is 0.776. The van der Waals surface area contributed by atoms with Crippen molar-refractivity contribution in [3.05, 3.63) is 53.1 Å². The summed E-state index contributed by atoms with van der Waals surface area (Å²) in [5.41, 5.74) is 4.05. The predicted molar refractivity (Wildman–Crippen MR) is 131 cm³/mol. The Morgan fingerprint density at radius 1 is 1.13 bits per heavy atom. The number of aromatic nitrogens is 1. The van der Waals surface area contributed by atoms with Crippen LogP contribution in [-0.2, 0) is 4.74 Å². The molecule has 2 heterocycles. The van der Waals surface area contributed by atoms with Crippen molar-refractivity contribution in [3.8, 4) is 0 Å². The Labute approximate surface area is 192 Å². The van der Waals surface area contributed by atoms with Crippen LogP contribution in [0.5, 0.6) is 0 Å². The van der Waals surface area contributed by atoms with Gasteiger partial charge >= 0.3 is 0 Å². The molecule has 1 saturated heterocycles. The molecule has 2 aromatic carbocycles. The quantitative estimate of drug-likeness (QED) is 0.469. The third-order valence-electron chi connectivity index (χ3n) is 5.56. The summed E-state index contributed by atoms with van der Waals surface area (Å²) in [7, 11) is 0. The number of thiazole rings is 1.